The summed E-state index contributed by atoms with van der Waals surface area (Å²) in [4.78, 5) is 31.9. The minimum atomic E-state index is -0.424. The zero-order valence-corrected chi connectivity index (χ0v) is 14.9. The van der Waals surface area contributed by atoms with Crippen molar-refractivity contribution in [3.05, 3.63) is 72.1 Å². The Bertz CT molecular complexity index is 1070. The van der Waals surface area contributed by atoms with Gasteiger partial charge in [0.1, 0.15) is 5.69 Å². The van der Waals surface area contributed by atoms with Gasteiger partial charge in [-0.1, -0.05) is 12.1 Å². The lowest BCUT2D eigenvalue weighted by Crippen LogP contribution is -2.14. The third-order valence-corrected chi connectivity index (χ3v) is 3.58. The molecule has 28 heavy (non-hydrogen) atoms. The number of nitriles is 1. The summed E-state index contributed by atoms with van der Waals surface area (Å²) in [6.07, 6.45) is 1.47. The largest absolute Gasteiger partial charge is 0.326 e. The number of hydrogen-bond acceptors (Lipinski definition) is 6. The van der Waals surface area contributed by atoms with E-state index in [9.17, 15) is 9.59 Å². The second-order valence-electron chi connectivity index (χ2n) is 5.80. The predicted octanol–water partition coefficient (Wildman–Crippen LogP) is 3.30. The lowest BCUT2D eigenvalue weighted by atomic mass is 10.2. The minimum Gasteiger partial charge on any atom is -0.326 e. The zero-order chi connectivity index (χ0) is 19.9. The molecule has 0 saturated carbocycles. The van der Waals surface area contributed by atoms with Crippen molar-refractivity contribution in [2.75, 3.05) is 16.0 Å². The molecule has 0 spiro atoms. The maximum Gasteiger partial charge on any atom is 0.274 e. The Labute approximate surface area is 161 Å². The van der Waals surface area contributed by atoms with Crippen molar-refractivity contribution in [3.63, 3.8) is 0 Å². The third kappa shape index (κ3) is 4.89. The van der Waals surface area contributed by atoms with E-state index in [0.29, 0.717) is 22.6 Å². The van der Waals surface area contributed by atoms with Gasteiger partial charge >= 0.3 is 0 Å². The monoisotopic (exact) mass is 372 g/mol. The number of benzene rings is 2. The Morgan fingerprint density at radius 1 is 0.964 bits per heavy atom. The van der Waals surface area contributed by atoms with Gasteiger partial charge in [0.15, 0.2) is 0 Å². The van der Waals surface area contributed by atoms with Crippen LogP contribution in [-0.2, 0) is 4.79 Å². The topological polar surface area (TPSA) is 120 Å². The van der Waals surface area contributed by atoms with Gasteiger partial charge in [-0.3, -0.25) is 9.59 Å². The molecule has 2 amide bonds. The summed E-state index contributed by atoms with van der Waals surface area (Å²) in [7, 11) is 0. The molecule has 1 aromatic heterocycles. The molecule has 0 bridgehead atoms. The summed E-state index contributed by atoms with van der Waals surface area (Å²) in [6, 6.07) is 17.1. The molecular weight excluding hydrogens is 356 g/mol. The van der Waals surface area contributed by atoms with Gasteiger partial charge in [-0.05, 0) is 42.5 Å². The highest BCUT2D eigenvalue weighted by molar-refractivity contribution is 6.03. The van der Waals surface area contributed by atoms with Crippen LogP contribution in [0.25, 0.3) is 0 Å². The van der Waals surface area contributed by atoms with Crippen LogP contribution in [0.4, 0.5) is 23.0 Å². The van der Waals surface area contributed by atoms with Gasteiger partial charge < -0.3 is 16.0 Å². The van der Waals surface area contributed by atoms with E-state index < -0.39 is 5.91 Å². The van der Waals surface area contributed by atoms with Gasteiger partial charge in [-0.2, -0.15) is 5.26 Å². The van der Waals surface area contributed by atoms with Crippen LogP contribution in [0.1, 0.15) is 23.0 Å². The number of anilines is 4. The van der Waals surface area contributed by atoms with Crippen LogP contribution in [-0.4, -0.2) is 21.8 Å². The summed E-state index contributed by atoms with van der Waals surface area (Å²) in [5, 5.41) is 17.3. The molecule has 138 valence electrons. The van der Waals surface area contributed by atoms with Crippen molar-refractivity contribution < 1.29 is 9.59 Å². The summed E-state index contributed by atoms with van der Waals surface area (Å²) in [6.45, 7) is 1.43. The molecular formula is C20H16N6O2. The van der Waals surface area contributed by atoms with Gasteiger partial charge in [0, 0.05) is 30.2 Å². The van der Waals surface area contributed by atoms with Crippen LogP contribution in [0.5, 0.6) is 0 Å². The number of carbonyl (C=O) groups is 2. The molecule has 8 heteroatoms. The van der Waals surface area contributed by atoms with Crippen molar-refractivity contribution in [3.8, 4) is 6.07 Å². The van der Waals surface area contributed by atoms with Crippen LogP contribution in [0.3, 0.4) is 0 Å². The normalized spacial score (nSPS) is 9.86. The fraction of sp³-hybridized carbons (Fsp3) is 0.0500. The molecule has 0 fully saturated rings. The molecule has 0 unspecified atom stereocenters. The van der Waals surface area contributed by atoms with E-state index in [-0.39, 0.29) is 17.5 Å². The van der Waals surface area contributed by atoms with E-state index in [1.165, 1.54) is 19.2 Å². The molecule has 0 radical (unpaired) electrons. The highest BCUT2D eigenvalue weighted by Gasteiger charge is 2.10. The summed E-state index contributed by atoms with van der Waals surface area (Å²) in [5.41, 5.74) is 2.40. The minimum absolute atomic E-state index is 0.165. The first-order valence-corrected chi connectivity index (χ1v) is 8.33. The van der Waals surface area contributed by atoms with Crippen LogP contribution in [0.2, 0.25) is 0 Å². The Morgan fingerprint density at radius 3 is 2.43 bits per heavy atom. The summed E-state index contributed by atoms with van der Waals surface area (Å²) in [5.74, 6) is -0.363. The third-order valence-electron chi connectivity index (χ3n) is 3.58. The smallest absolute Gasteiger partial charge is 0.274 e. The van der Waals surface area contributed by atoms with Gasteiger partial charge in [-0.15, -0.1) is 0 Å². The fourth-order valence-electron chi connectivity index (χ4n) is 2.41. The predicted molar refractivity (Wildman–Crippen MR) is 105 cm³/mol. The number of aromatic nitrogens is 2. The SMILES string of the molecule is CC(=O)Nc1cccc(Nc2nccc(C(=O)Nc3cccc(C#N)c3)n2)c1. The van der Waals surface area contributed by atoms with Crippen molar-refractivity contribution >= 4 is 34.8 Å². The quantitative estimate of drug-likeness (QED) is 0.632. The Balaban J connectivity index is 1.74. The number of amides is 2. The van der Waals surface area contributed by atoms with Gasteiger partial charge in [0.2, 0.25) is 11.9 Å². The molecule has 1 heterocycles. The number of nitrogens with zero attached hydrogens (tertiary/aromatic N) is 3. The van der Waals surface area contributed by atoms with E-state index in [1.54, 1.807) is 48.5 Å². The fourth-order valence-corrected chi connectivity index (χ4v) is 2.41. The van der Waals surface area contributed by atoms with Gasteiger partial charge in [-0.25, -0.2) is 9.97 Å². The Kier molecular flexibility index (Phi) is 5.58. The molecule has 0 atom stereocenters. The van der Waals surface area contributed by atoms with Crippen LogP contribution >= 0.6 is 0 Å². The molecule has 0 aliphatic carbocycles. The lowest BCUT2D eigenvalue weighted by molar-refractivity contribution is -0.114. The Hall–Kier alpha value is -4.25. The standard InChI is InChI=1S/C20H16N6O2/c1-13(27)23-16-6-3-7-17(11-16)25-20-22-9-8-18(26-20)19(28)24-15-5-2-4-14(10-15)12-21/h2-11H,1H3,(H,23,27)(H,24,28)(H,22,25,26). The van der Waals surface area contributed by atoms with Crippen molar-refractivity contribution in [1.29, 1.82) is 5.26 Å². The second-order valence-corrected chi connectivity index (χ2v) is 5.80. The van der Waals surface area contributed by atoms with Crippen molar-refractivity contribution in [1.82, 2.24) is 9.97 Å². The number of carbonyl (C=O) groups excluding carboxylic acids is 2. The summed E-state index contributed by atoms with van der Waals surface area (Å²) >= 11 is 0. The van der Waals surface area contributed by atoms with Gasteiger partial charge in [0.05, 0.1) is 11.6 Å². The molecule has 8 nitrogen and oxygen atoms in total. The highest BCUT2D eigenvalue weighted by Crippen LogP contribution is 2.18. The van der Waals surface area contributed by atoms with Crippen LogP contribution in [0.15, 0.2) is 60.8 Å². The molecule has 2 aromatic carbocycles. The maximum atomic E-state index is 12.4. The Morgan fingerprint density at radius 2 is 1.68 bits per heavy atom. The van der Waals surface area contributed by atoms with E-state index >= 15 is 0 Å². The molecule has 0 aliphatic heterocycles. The first kappa shape index (κ1) is 18.5. The highest BCUT2D eigenvalue weighted by atomic mass is 16.2. The van der Waals surface area contributed by atoms with Gasteiger partial charge in [0.25, 0.3) is 5.91 Å². The zero-order valence-electron chi connectivity index (χ0n) is 14.9. The molecule has 3 rings (SSSR count). The first-order chi connectivity index (χ1) is 13.5. The van der Waals surface area contributed by atoms with Crippen LogP contribution < -0.4 is 16.0 Å². The molecule has 0 saturated heterocycles. The molecule has 3 N–H and O–H groups in total. The average molecular weight is 372 g/mol. The maximum absolute atomic E-state index is 12.4. The van der Waals surface area contributed by atoms with E-state index in [2.05, 4.69) is 25.9 Å². The average Bonchev–Trinajstić information content (AvgIpc) is 2.68. The first-order valence-electron chi connectivity index (χ1n) is 8.33. The second kappa shape index (κ2) is 8.42. The lowest BCUT2D eigenvalue weighted by Gasteiger charge is -2.09. The van der Waals surface area contributed by atoms with E-state index in [1.807, 2.05) is 6.07 Å². The molecule has 0 aliphatic rings. The number of nitrogens with one attached hydrogen (secondary N) is 3. The van der Waals surface area contributed by atoms with Crippen molar-refractivity contribution in [2.24, 2.45) is 0 Å². The summed E-state index contributed by atoms with van der Waals surface area (Å²) < 4.78 is 0. The van der Waals surface area contributed by atoms with Crippen molar-refractivity contribution in [2.45, 2.75) is 6.92 Å². The number of rotatable bonds is 5. The van der Waals surface area contributed by atoms with E-state index in [4.69, 9.17) is 5.26 Å². The molecule has 3 aromatic rings. The number of hydrogen-bond donors (Lipinski definition) is 3. The van der Waals surface area contributed by atoms with Crippen LogP contribution in [0, 0.1) is 11.3 Å². The van der Waals surface area contributed by atoms with E-state index in [0.717, 1.165) is 0 Å².